The molecule has 4 nitrogen and oxygen atoms in total. The van der Waals surface area contributed by atoms with Crippen LogP contribution in [-0.4, -0.2) is 9.97 Å². The van der Waals surface area contributed by atoms with Crippen LogP contribution in [0.3, 0.4) is 0 Å². The SMILES string of the molecule is Cc1c2c([nH]c(=O)c1CCc1nc3ccccc3o1)CCC2. The molecule has 0 bridgehead atoms. The Morgan fingerprint density at radius 2 is 2.09 bits per heavy atom. The van der Waals surface area contributed by atoms with Crippen molar-refractivity contribution in [1.29, 1.82) is 0 Å². The predicted molar refractivity (Wildman–Crippen MR) is 85.2 cm³/mol. The summed E-state index contributed by atoms with van der Waals surface area (Å²) in [4.78, 5) is 19.8. The number of aromatic amines is 1. The molecule has 4 heteroatoms. The van der Waals surface area contributed by atoms with E-state index in [1.165, 1.54) is 5.56 Å². The molecule has 0 spiro atoms. The van der Waals surface area contributed by atoms with Crippen molar-refractivity contribution in [3.63, 3.8) is 0 Å². The van der Waals surface area contributed by atoms with E-state index >= 15 is 0 Å². The molecule has 2 aromatic heterocycles. The van der Waals surface area contributed by atoms with Crippen LogP contribution in [-0.2, 0) is 25.7 Å². The van der Waals surface area contributed by atoms with Crippen molar-refractivity contribution in [2.75, 3.05) is 0 Å². The molecule has 1 aromatic carbocycles. The van der Waals surface area contributed by atoms with Gasteiger partial charge in [0.05, 0.1) is 0 Å². The van der Waals surface area contributed by atoms with Gasteiger partial charge in [-0.2, -0.15) is 0 Å². The fourth-order valence-corrected chi connectivity index (χ4v) is 3.42. The second kappa shape index (κ2) is 5.13. The van der Waals surface area contributed by atoms with Gasteiger partial charge in [-0.05, 0) is 55.9 Å². The molecular formula is C18H18N2O2. The summed E-state index contributed by atoms with van der Waals surface area (Å²) in [5.74, 6) is 0.695. The van der Waals surface area contributed by atoms with Crippen LogP contribution >= 0.6 is 0 Å². The minimum atomic E-state index is 0.0502. The Morgan fingerprint density at radius 1 is 1.23 bits per heavy atom. The highest BCUT2D eigenvalue weighted by molar-refractivity contribution is 5.72. The van der Waals surface area contributed by atoms with Gasteiger partial charge in [-0.1, -0.05) is 12.1 Å². The summed E-state index contributed by atoms with van der Waals surface area (Å²) in [7, 11) is 0. The number of nitrogens with zero attached hydrogens (tertiary/aromatic N) is 1. The number of rotatable bonds is 3. The molecule has 0 atom stereocenters. The lowest BCUT2D eigenvalue weighted by Crippen LogP contribution is -2.18. The summed E-state index contributed by atoms with van der Waals surface area (Å²) in [6.45, 7) is 2.07. The van der Waals surface area contributed by atoms with E-state index in [2.05, 4.69) is 16.9 Å². The highest BCUT2D eigenvalue weighted by atomic mass is 16.3. The largest absolute Gasteiger partial charge is 0.441 e. The van der Waals surface area contributed by atoms with Crippen LogP contribution in [0.5, 0.6) is 0 Å². The summed E-state index contributed by atoms with van der Waals surface area (Å²) in [6.07, 6.45) is 4.53. The van der Waals surface area contributed by atoms with Crippen molar-refractivity contribution < 1.29 is 4.42 Å². The molecule has 0 aliphatic heterocycles. The van der Waals surface area contributed by atoms with Crippen molar-refractivity contribution in [2.24, 2.45) is 0 Å². The summed E-state index contributed by atoms with van der Waals surface area (Å²) < 4.78 is 5.74. The van der Waals surface area contributed by atoms with Gasteiger partial charge in [0.1, 0.15) is 5.52 Å². The van der Waals surface area contributed by atoms with E-state index in [0.29, 0.717) is 18.7 Å². The Kier molecular flexibility index (Phi) is 3.10. The van der Waals surface area contributed by atoms with Gasteiger partial charge in [0.25, 0.3) is 5.56 Å². The zero-order valence-electron chi connectivity index (χ0n) is 12.6. The van der Waals surface area contributed by atoms with E-state index in [4.69, 9.17) is 4.42 Å². The minimum absolute atomic E-state index is 0.0502. The molecule has 1 N–H and O–H groups in total. The second-order valence-corrected chi connectivity index (χ2v) is 5.94. The first-order chi connectivity index (χ1) is 10.7. The molecular weight excluding hydrogens is 276 g/mol. The van der Waals surface area contributed by atoms with Crippen LogP contribution in [0.25, 0.3) is 11.1 Å². The maximum absolute atomic E-state index is 12.3. The third-order valence-corrected chi connectivity index (χ3v) is 4.59. The van der Waals surface area contributed by atoms with E-state index in [-0.39, 0.29) is 5.56 Å². The highest BCUT2D eigenvalue weighted by Gasteiger charge is 2.18. The summed E-state index contributed by atoms with van der Waals surface area (Å²) in [5.41, 5.74) is 6.24. The fraction of sp³-hybridized carbons (Fsp3) is 0.333. The molecule has 0 amide bonds. The monoisotopic (exact) mass is 294 g/mol. The third kappa shape index (κ3) is 2.15. The van der Waals surface area contributed by atoms with Gasteiger partial charge in [0, 0.05) is 17.7 Å². The first kappa shape index (κ1) is 13.3. The average Bonchev–Trinajstić information content (AvgIpc) is 3.12. The van der Waals surface area contributed by atoms with Crippen LogP contribution in [0.2, 0.25) is 0 Å². The van der Waals surface area contributed by atoms with Crippen molar-refractivity contribution in [2.45, 2.75) is 39.0 Å². The van der Waals surface area contributed by atoms with Crippen LogP contribution in [0, 0.1) is 6.92 Å². The first-order valence-electron chi connectivity index (χ1n) is 7.80. The minimum Gasteiger partial charge on any atom is -0.441 e. The maximum Gasteiger partial charge on any atom is 0.251 e. The zero-order chi connectivity index (χ0) is 15.1. The van der Waals surface area contributed by atoms with E-state index in [9.17, 15) is 4.79 Å². The Labute approximate surface area is 128 Å². The second-order valence-electron chi connectivity index (χ2n) is 5.94. The smallest absolute Gasteiger partial charge is 0.251 e. The molecule has 0 fully saturated rings. The number of aromatic nitrogens is 2. The number of nitrogens with one attached hydrogen (secondary N) is 1. The van der Waals surface area contributed by atoms with Gasteiger partial charge >= 0.3 is 0 Å². The van der Waals surface area contributed by atoms with E-state index in [0.717, 1.165) is 47.2 Å². The number of benzene rings is 1. The van der Waals surface area contributed by atoms with E-state index in [1.54, 1.807) is 0 Å². The predicted octanol–water partition coefficient (Wildman–Crippen LogP) is 3.10. The highest BCUT2D eigenvalue weighted by Crippen LogP contribution is 2.24. The van der Waals surface area contributed by atoms with Gasteiger partial charge in [0.15, 0.2) is 11.5 Å². The Morgan fingerprint density at radius 3 is 2.95 bits per heavy atom. The van der Waals surface area contributed by atoms with Gasteiger partial charge in [-0.25, -0.2) is 4.98 Å². The quantitative estimate of drug-likeness (QED) is 0.807. The number of para-hydroxylation sites is 2. The molecule has 0 saturated heterocycles. The number of fused-ring (bicyclic) bond motifs is 2. The van der Waals surface area contributed by atoms with E-state index in [1.807, 2.05) is 24.3 Å². The van der Waals surface area contributed by atoms with Crippen molar-refractivity contribution in [3.05, 3.63) is 62.9 Å². The average molecular weight is 294 g/mol. The van der Waals surface area contributed by atoms with Crippen molar-refractivity contribution in [1.82, 2.24) is 9.97 Å². The van der Waals surface area contributed by atoms with Crippen molar-refractivity contribution >= 4 is 11.1 Å². The normalized spacial score (nSPS) is 13.7. The van der Waals surface area contributed by atoms with Crippen LogP contribution < -0.4 is 5.56 Å². The molecule has 0 unspecified atom stereocenters. The Hall–Kier alpha value is -2.36. The molecule has 0 radical (unpaired) electrons. The molecule has 0 saturated carbocycles. The summed E-state index contributed by atoms with van der Waals surface area (Å²) in [5, 5.41) is 0. The molecule has 3 aromatic rings. The third-order valence-electron chi connectivity index (χ3n) is 4.59. The zero-order valence-corrected chi connectivity index (χ0v) is 12.6. The number of hydrogen-bond donors (Lipinski definition) is 1. The van der Waals surface area contributed by atoms with Gasteiger partial charge in [-0.15, -0.1) is 0 Å². The lowest BCUT2D eigenvalue weighted by atomic mass is 10.00. The molecule has 112 valence electrons. The number of aryl methyl sites for hydroxylation is 2. The maximum atomic E-state index is 12.3. The Balaban J connectivity index is 1.63. The van der Waals surface area contributed by atoms with Crippen LogP contribution in [0.4, 0.5) is 0 Å². The van der Waals surface area contributed by atoms with E-state index < -0.39 is 0 Å². The topological polar surface area (TPSA) is 58.9 Å². The Bertz CT molecular complexity index is 872. The number of H-pyrrole nitrogens is 1. The number of oxazole rings is 1. The lowest BCUT2D eigenvalue weighted by Gasteiger charge is -2.09. The van der Waals surface area contributed by atoms with Gasteiger partial charge in [-0.3, -0.25) is 4.79 Å². The molecule has 4 rings (SSSR count). The molecule has 2 heterocycles. The lowest BCUT2D eigenvalue weighted by molar-refractivity contribution is 0.527. The summed E-state index contributed by atoms with van der Waals surface area (Å²) in [6, 6.07) is 7.74. The summed E-state index contributed by atoms with van der Waals surface area (Å²) >= 11 is 0. The van der Waals surface area contributed by atoms with Gasteiger partial charge in [0.2, 0.25) is 0 Å². The molecule has 1 aliphatic rings. The van der Waals surface area contributed by atoms with Crippen molar-refractivity contribution in [3.8, 4) is 0 Å². The van der Waals surface area contributed by atoms with Gasteiger partial charge < -0.3 is 9.40 Å². The van der Waals surface area contributed by atoms with Crippen LogP contribution in [0.1, 0.15) is 34.7 Å². The molecule has 1 aliphatic carbocycles. The fourth-order valence-electron chi connectivity index (χ4n) is 3.42. The number of hydrogen-bond acceptors (Lipinski definition) is 3. The first-order valence-corrected chi connectivity index (χ1v) is 7.80. The number of pyridine rings is 1. The molecule has 22 heavy (non-hydrogen) atoms. The standard InChI is InChI=1S/C18H18N2O2/c1-11-12-5-4-7-14(12)20-18(21)13(11)9-10-17-19-15-6-2-3-8-16(15)22-17/h2-3,6,8H,4-5,7,9-10H2,1H3,(H,20,21). The van der Waals surface area contributed by atoms with Crippen LogP contribution in [0.15, 0.2) is 33.5 Å².